The van der Waals surface area contributed by atoms with Crippen LogP contribution < -0.4 is 5.32 Å². The molecule has 18 heavy (non-hydrogen) atoms. The highest BCUT2D eigenvalue weighted by molar-refractivity contribution is 5.79. The molecule has 1 saturated heterocycles. The molecule has 1 aromatic heterocycles. The highest BCUT2D eigenvalue weighted by Gasteiger charge is 2.10. The number of likely N-dealkylation sites (tertiary alicyclic amines) is 1. The van der Waals surface area contributed by atoms with Crippen LogP contribution in [0, 0.1) is 0 Å². The minimum absolute atomic E-state index is 0.123. The van der Waals surface area contributed by atoms with E-state index >= 15 is 0 Å². The first-order valence-corrected chi connectivity index (χ1v) is 6.64. The minimum atomic E-state index is 0.123. The Morgan fingerprint density at radius 1 is 1.39 bits per heavy atom. The Bertz CT molecular complexity index is 400. The van der Waals surface area contributed by atoms with Gasteiger partial charge >= 0.3 is 0 Å². The van der Waals surface area contributed by atoms with E-state index in [4.69, 9.17) is 0 Å². The molecule has 0 spiro atoms. The lowest BCUT2D eigenvalue weighted by Crippen LogP contribution is -2.29. The summed E-state index contributed by atoms with van der Waals surface area (Å²) in [6.07, 6.45) is 5.78. The van der Waals surface area contributed by atoms with E-state index in [9.17, 15) is 4.79 Å². The number of anilines is 1. The molecule has 4 heteroatoms. The van der Waals surface area contributed by atoms with Crippen molar-refractivity contribution < 1.29 is 4.79 Å². The van der Waals surface area contributed by atoms with Crippen LogP contribution in [0.1, 0.15) is 31.7 Å². The number of piperidine rings is 1. The normalized spacial score (nSPS) is 16.5. The zero-order valence-electron chi connectivity index (χ0n) is 11.0. The van der Waals surface area contributed by atoms with Gasteiger partial charge in [-0.15, -0.1) is 0 Å². The SMILES string of the molecule is CC(=O)CNc1cc(CN2CCCCC2)ccn1. The van der Waals surface area contributed by atoms with E-state index in [2.05, 4.69) is 15.2 Å². The maximum atomic E-state index is 10.9. The molecule has 0 amide bonds. The van der Waals surface area contributed by atoms with Crippen molar-refractivity contribution in [1.29, 1.82) is 0 Å². The smallest absolute Gasteiger partial charge is 0.148 e. The number of hydrogen-bond acceptors (Lipinski definition) is 4. The number of Topliss-reactive ketones (excluding diaryl/α,β-unsaturated/α-hetero) is 1. The first-order valence-electron chi connectivity index (χ1n) is 6.64. The van der Waals surface area contributed by atoms with Crippen LogP contribution in [0.5, 0.6) is 0 Å². The molecule has 0 atom stereocenters. The number of pyridine rings is 1. The molecule has 0 aliphatic carbocycles. The largest absolute Gasteiger partial charge is 0.363 e. The van der Waals surface area contributed by atoms with Gasteiger partial charge in [-0.2, -0.15) is 0 Å². The molecule has 0 radical (unpaired) electrons. The average Bonchev–Trinajstić information content (AvgIpc) is 2.38. The lowest BCUT2D eigenvalue weighted by molar-refractivity contribution is -0.115. The van der Waals surface area contributed by atoms with Crippen LogP contribution in [0.15, 0.2) is 18.3 Å². The molecular formula is C14H21N3O. The number of aromatic nitrogens is 1. The summed E-state index contributed by atoms with van der Waals surface area (Å²) in [5.74, 6) is 0.915. The number of nitrogens with zero attached hydrogens (tertiary/aromatic N) is 2. The summed E-state index contributed by atoms with van der Waals surface area (Å²) in [7, 11) is 0. The molecule has 0 saturated carbocycles. The van der Waals surface area contributed by atoms with Gasteiger partial charge in [-0.3, -0.25) is 9.69 Å². The summed E-state index contributed by atoms with van der Waals surface area (Å²) >= 11 is 0. The number of ketones is 1. The van der Waals surface area contributed by atoms with Crippen molar-refractivity contribution in [3.05, 3.63) is 23.9 Å². The lowest BCUT2D eigenvalue weighted by Gasteiger charge is -2.26. The first-order chi connectivity index (χ1) is 8.74. The van der Waals surface area contributed by atoms with Crippen LogP contribution in [0.2, 0.25) is 0 Å². The van der Waals surface area contributed by atoms with Crippen molar-refractivity contribution in [2.75, 3.05) is 25.0 Å². The maximum absolute atomic E-state index is 10.9. The Labute approximate surface area is 108 Å². The van der Waals surface area contributed by atoms with Crippen molar-refractivity contribution in [1.82, 2.24) is 9.88 Å². The van der Waals surface area contributed by atoms with Crippen LogP contribution in [-0.4, -0.2) is 35.3 Å². The summed E-state index contributed by atoms with van der Waals surface area (Å²) in [5, 5.41) is 3.04. The third kappa shape index (κ3) is 4.11. The average molecular weight is 247 g/mol. The molecule has 2 heterocycles. The molecule has 2 rings (SSSR count). The molecule has 0 unspecified atom stereocenters. The third-order valence-electron chi connectivity index (χ3n) is 3.20. The summed E-state index contributed by atoms with van der Waals surface area (Å²) in [4.78, 5) is 17.6. The second-order valence-corrected chi connectivity index (χ2v) is 4.94. The molecule has 98 valence electrons. The van der Waals surface area contributed by atoms with E-state index in [-0.39, 0.29) is 5.78 Å². The minimum Gasteiger partial charge on any atom is -0.363 e. The fourth-order valence-electron chi connectivity index (χ4n) is 2.26. The van der Waals surface area contributed by atoms with Gasteiger partial charge in [-0.05, 0) is 50.6 Å². The van der Waals surface area contributed by atoms with Crippen molar-refractivity contribution in [2.45, 2.75) is 32.7 Å². The summed E-state index contributed by atoms with van der Waals surface area (Å²) in [6.45, 7) is 5.29. The van der Waals surface area contributed by atoms with Crippen molar-refractivity contribution in [3.8, 4) is 0 Å². The second-order valence-electron chi connectivity index (χ2n) is 4.94. The van der Waals surface area contributed by atoms with E-state index in [0.717, 1.165) is 12.4 Å². The molecule has 1 fully saturated rings. The number of carbonyl (C=O) groups excluding carboxylic acids is 1. The van der Waals surface area contributed by atoms with Gasteiger partial charge < -0.3 is 5.32 Å². The fraction of sp³-hybridized carbons (Fsp3) is 0.571. The Balaban J connectivity index is 1.91. The van der Waals surface area contributed by atoms with Crippen LogP contribution in [-0.2, 0) is 11.3 Å². The van der Waals surface area contributed by atoms with Crippen LogP contribution in [0.3, 0.4) is 0 Å². The maximum Gasteiger partial charge on any atom is 0.148 e. The number of hydrogen-bond donors (Lipinski definition) is 1. The molecule has 1 N–H and O–H groups in total. The van der Waals surface area contributed by atoms with Gasteiger partial charge in [-0.1, -0.05) is 6.42 Å². The van der Waals surface area contributed by atoms with Crippen molar-refractivity contribution in [3.63, 3.8) is 0 Å². The molecule has 1 aliphatic heterocycles. The van der Waals surface area contributed by atoms with Gasteiger partial charge in [0.1, 0.15) is 11.6 Å². The fourth-order valence-corrected chi connectivity index (χ4v) is 2.26. The number of nitrogens with one attached hydrogen (secondary N) is 1. The van der Waals surface area contributed by atoms with Gasteiger partial charge in [0.25, 0.3) is 0 Å². The Morgan fingerprint density at radius 2 is 2.17 bits per heavy atom. The predicted molar refractivity (Wildman–Crippen MR) is 72.5 cm³/mol. The van der Waals surface area contributed by atoms with Gasteiger partial charge in [0, 0.05) is 12.7 Å². The Morgan fingerprint density at radius 3 is 2.89 bits per heavy atom. The highest BCUT2D eigenvalue weighted by Crippen LogP contribution is 2.14. The van der Waals surface area contributed by atoms with E-state index < -0.39 is 0 Å². The van der Waals surface area contributed by atoms with Crippen molar-refractivity contribution in [2.24, 2.45) is 0 Å². The van der Waals surface area contributed by atoms with Gasteiger partial charge in [0.05, 0.1) is 6.54 Å². The van der Waals surface area contributed by atoms with E-state index in [0.29, 0.717) is 6.54 Å². The molecule has 4 nitrogen and oxygen atoms in total. The van der Waals surface area contributed by atoms with Crippen LogP contribution in [0.4, 0.5) is 5.82 Å². The van der Waals surface area contributed by atoms with Gasteiger partial charge in [0.2, 0.25) is 0 Å². The first kappa shape index (κ1) is 13.0. The van der Waals surface area contributed by atoms with Crippen LogP contribution in [0.25, 0.3) is 0 Å². The summed E-state index contributed by atoms with van der Waals surface area (Å²) in [6, 6.07) is 4.09. The van der Waals surface area contributed by atoms with Crippen LogP contribution >= 0.6 is 0 Å². The Kier molecular flexibility index (Phi) is 4.70. The van der Waals surface area contributed by atoms with Crippen molar-refractivity contribution >= 4 is 11.6 Å². The molecule has 1 aromatic rings. The summed E-state index contributed by atoms with van der Waals surface area (Å²) in [5.41, 5.74) is 1.26. The quantitative estimate of drug-likeness (QED) is 0.865. The lowest BCUT2D eigenvalue weighted by atomic mass is 10.1. The monoisotopic (exact) mass is 247 g/mol. The van der Waals surface area contributed by atoms with Gasteiger partial charge in [0.15, 0.2) is 0 Å². The standard InChI is InChI=1S/C14H21N3O/c1-12(18)10-16-14-9-13(5-6-15-14)11-17-7-3-2-4-8-17/h5-6,9H,2-4,7-8,10-11H2,1H3,(H,15,16). The molecule has 0 bridgehead atoms. The highest BCUT2D eigenvalue weighted by atomic mass is 16.1. The number of rotatable bonds is 5. The molecular weight excluding hydrogens is 226 g/mol. The molecule has 0 aromatic carbocycles. The van der Waals surface area contributed by atoms with E-state index in [1.165, 1.54) is 37.9 Å². The number of carbonyl (C=O) groups is 1. The Hall–Kier alpha value is -1.42. The summed E-state index contributed by atoms with van der Waals surface area (Å²) < 4.78 is 0. The topological polar surface area (TPSA) is 45.2 Å². The molecule has 1 aliphatic rings. The zero-order chi connectivity index (χ0) is 12.8. The third-order valence-corrected chi connectivity index (χ3v) is 3.20. The van der Waals surface area contributed by atoms with E-state index in [1.807, 2.05) is 18.3 Å². The predicted octanol–water partition coefficient (Wildman–Crippen LogP) is 2.07. The van der Waals surface area contributed by atoms with E-state index in [1.54, 1.807) is 6.92 Å². The second kappa shape index (κ2) is 6.50. The van der Waals surface area contributed by atoms with Gasteiger partial charge in [-0.25, -0.2) is 4.98 Å². The zero-order valence-corrected chi connectivity index (χ0v) is 11.0.